The van der Waals surface area contributed by atoms with Gasteiger partial charge in [0.1, 0.15) is 0 Å². The van der Waals surface area contributed by atoms with Gasteiger partial charge in [0.2, 0.25) is 0 Å². The van der Waals surface area contributed by atoms with Crippen molar-refractivity contribution in [2.24, 2.45) is 5.73 Å². The monoisotopic (exact) mass is 165 g/mol. The summed E-state index contributed by atoms with van der Waals surface area (Å²) >= 11 is 3.93. The fraction of sp³-hybridized carbons (Fsp3) is 0.800. The predicted molar refractivity (Wildman–Crippen MR) is 44.7 cm³/mol. The van der Waals surface area contributed by atoms with E-state index in [-0.39, 0.29) is 12.3 Å². The molecule has 0 fully saturated rings. The number of carbonyl (C=O) groups is 1. The van der Waals surface area contributed by atoms with Crippen molar-refractivity contribution in [1.82, 2.24) is 0 Å². The van der Waals surface area contributed by atoms with Crippen LogP contribution >= 0.6 is 22.5 Å². The minimum Gasteiger partial charge on any atom is -0.324 e. The zero-order valence-electron chi connectivity index (χ0n) is 5.55. The minimum atomic E-state index is -0.433. The molecule has 0 aliphatic rings. The third kappa shape index (κ3) is 2.60. The Kier molecular flexibility index (Phi) is 3.61. The zero-order valence-corrected chi connectivity index (χ0v) is 7.26. The zero-order chi connectivity index (χ0) is 7.49. The van der Waals surface area contributed by atoms with E-state index < -0.39 is 4.75 Å². The average Bonchev–Trinajstić information content (AvgIpc) is 1.86. The molecule has 0 radical (unpaired) electrons. The molecule has 0 heterocycles. The molecule has 0 saturated heterocycles. The summed E-state index contributed by atoms with van der Waals surface area (Å²) in [6.07, 6.45) is 0. The lowest BCUT2D eigenvalue weighted by Gasteiger charge is -2.17. The van der Waals surface area contributed by atoms with Crippen LogP contribution in [0.15, 0.2) is 0 Å². The minimum absolute atomic E-state index is 0.0301. The van der Waals surface area contributed by atoms with Crippen LogP contribution in [0.2, 0.25) is 0 Å². The second-order valence-electron chi connectivity index (χ2n) is 2.23. The van der Waals surface area contributed by atoms with E-state index in [1.165, 1.54) is 10.8 Å². The standard InChI is InChI=1S/C5H11NOS2/c1-5(2,9-8)4(7)3-6/h8H,3,6H2,1-2H3. The summed E-state index contributed by atoms with van der Waals surface area (Å²) in [5, 5.41) is 0. The molecule has 0 spiro atoms. The first-order valence-corrected chi connectivity index (χ1v) is 4.47. The maximum absolute atomic E-state index is 10.9. The fourth-order valence-corrected chi connectivity index (χ4v) is 0.787. The highest BCUT2D eigenvalue weighted by Crippen LogP contribution is 2.27. The van der Waals surface area contributed by atoms with Gasteiger partial charge in [0.25, 0.3) is 0 Å². The van der Waals surface area contributed by atoms with E-state index >= 15 is 0 Å². The molecule has 0 bridgehead atoms. The van der Waals surface area contributed by atoms with Gasteiger partial charge in [-0.1, -0.05) is 10.8 Å². The van der Waals surface area contributed by atoms with Gasteiger partial charge in [-0.05, 0) is 13.8 Å². The SMILES string of the molecule is CC(C)(SS)C(=O)CN. The van der Waals surface area contributed by atoms with E-state index in [0.717, 1.165) is 0 Å². The highest BCUT2D eigenvalue weighted by atomic mass is 33.1. The van der Waals surface area contributed by atoms with Gasteiger partial charge in [-0.2, -0.15) is 0 Å². The van der Waals surface area contributed by atoms with Gasteiger partial charge < -0.3 is 5.73 Å². The van der Waals surface area contributed by atoms with Crippen LogP contribution in [0, 0.1) is 0 Å². The van der Waals surface area contributed by atoms with Gasteiger partial charge >= 0.3 is 0 Å². The molecule has 0 aromatic carbocycles. The maximum atomic E-state index is 10.9. The van der Waals surface area contributed by atoms with Crippen LogP contribution in [0.4, 0.5) is 0 Å². The average molecular weight is 165 g/mol. The van der Waals surface area contributed by atoms with E-state index in [9.17, 15) is 4.79 Å². The molecule has 0 aliphatic heterocycles. The molecule has 0 rings (SSSR count). The van der Waals surface area contributed by atoms with Crippen molar-refractivity contribution in [3.8, 4) is 0 Å². The molecule has 0 atom stereocenters. The smallest absolute Gasteiger partial charge is 0.162 e. The summed E-state index contributed by atoms with van der Waals surface area (Å²) in [6.45, 7) is 3.71. The third-order valence-corrected chi connectivity index (χ3v) is 3.14. The molecule has 9 heavy (non-hydrogen) atoms. The van der Waals surface area contributed by atoms with E-state index in [4.69, 9.17) is 5.73 Å². The van der Waals surface area contributed by atoms with Gasteiger partial charge in [0.15, 0.2) is 5.78 Å². The molecule has 0 aliphatic carbocycles. The number of thiol groups is 1. The fourth-order valence-electron chi connectivity index (χ4n) is 0.297. The van der Waals surface area contributed by atoms with Crippen molar-refractivity contribution >= 4 is 28.2 Å². The Morgan fingerprint density at radius 2 is 2.22 bits per heavy atom. The second-order valence-corrected chi connectivity index (χ2v) is 3.98. The summed E-state index contributed by atoms with van der Waals surface area (Å²) in [5.74, 6) is 0.0301. The molecule has 54 valence electrons. The van der Waals surface area contributed by atoms with E-state index in [1.807, 2.05) is 0 Å². The Morgan fingerprint density at radius 1 is 1.78 bits per heavy atom. The van der Waals surface area contributed by atoms with Crippen molar-refractivity contribution < 1.29 is 4.79 Å². The van der Waals surface area contributed by atoms with Crippen LogP contribution in [-0.4, -0.2) is 17.1 Å². The predicted octanol–water partition coefficient (Wildman–Crippen LogP) is 0.871. The molecule has 0 aromatic rings. The van der Waals surface area contributed by atoms with E-state index in [0.29, 0.717) is 0 Å². The number of rotatable bonds is 3. The number of hydrogen-bond donors (Lipinski definition) is 2. The first kappa shape index (κ1) is 9.33. The molecular weight excluding hydrogens is 154 g/mol. The molecular formula is C5H11NOS2. The highest BCUT2D eigenvalue weighted by molar-refractivity contribution is 8.69. The molecule has 2 nitrogen and oxygen atoms in total. The Labute approximate surface area is 64.4 Å². The quantitative estimate of drug-likeness (QED) is 0.482. The second kappa shape index (κ2) is 3.49. The topological polar surface area (TPSA) is 43.1 Å². The number of carbonyl (C=O) groups excluding carboxylic acids is 1. The van der Waals surface area contributed by atoms with Crippen molar-refractivity contribution in [2.45, 2.75) is 18.6 Å². The van der Waals surface area contributed by atoms with Crippen LogP contribution in [0.1, 0.15) is 13.8 Å². The van der Waals surface area contributed by atoms with Crippen LogP contribution in [0.25, 0.3) is 0 Å². The molecule has 0 unspecified atom stereocenters. The van der Waals surface area contributed by atoms with Gasteiger partial charge in [-0.25, -0.2) is 0 Å². The maximum Gasteiger partial charge on any atom is 0.162 e. The lowest BCUT2D eigenvalue weighted by Crippen LogP contribution is -2.32. The van der Waals surface area contributed by atoms with Crippen LogP contribution in [-0.2, 0) is 4.79 Å². The number of hydrogen-bond acceptors (Lipinski definition) is 4. The molecule has 0 amide bonds. The van der Waals surface area contributed by atoms with Crippen LogP contribution in [0.5, 0.6) is 0 Å². The van der Waals surface area contributed by atoms with Gasteiger partial charge in [0, 0.05) is 0 Å². The summed E-state index contributed by atoms with van der Waals surface area (Å²) in [6, 6.07) is 0. The number of ketones is 1. The Balaban J connectivity index is 3.97. The normalized spacial score (nSPS) is 11.6. The van der Waals surface area contributed by atoms with Gasteiger partial charge in [0.05, 0.1) is 11.3 Å². The molecule has 0 aromatic heterocycles. The number of nitrogens with two attached hydrogens (primary N) is 1. The van der Waals surface area contributed by atoms with Crippen LogP contribution < -0.4 is 5.73 Å². The summed E-state index contributed by atoms with van der Waals surface area (Å²) in [5.41, 5.74) is 5.14. The first-order chi connectivity index (χ1) is 4.04. The first-order valence-electron chi connectivity index (χ1n) is 2.60. The summed E-state index contributed by atoms with van der Waals surface area (Å²) in [7, 11) is 1.22. The van der Waals surface area contributed by atoms with Crippen molar-refractivity contribution in [3.63, 3.8) is 0 Å². The third-order valence-electron chi connectivity index (χ3n) is 1.09. The lowest BCUT2D eigenvalue weighted by atomic mass is 10.1. The molecule has 2 N–H and O–H groups in total. The Bertz CT molecular complexity index is 114. The summed E-state index contributed by atoms with van der Waals surface area (Å²) < 4.78 is -0.433. The Morgan fingerprint density at radius 3 is 2.33 bits per heavy atom. The van der Waals surface area contributed by atoms with Crippen molar-refractivity contribution in [2.75, 3.05) is 6.54 Å². The van der Waals surface area contributed by atoms with Crippen molar-refractivity contribution in [1.29, 1.82) is 0 Å². The highest BCUT2D eigenvalue weighted by Gasteiger charge is 2.24. The van der Waals surface area contributed by atoms with Crippen molar-refractivity contribution in [3.05, 3.63) is 0 Å². The number of Topliss-reactive ketones (excluding diaryl/α,β-unsaturated/α-hetero) is 1. The van der Waals surface area contributed by atoms with E-state index in [1.54, 1.807) is 13.8 Å². The van der Waals surface area contributed by atoms with Gasteiger partial charge in [-0.3, -0.25) is 4.79 Å². The lowest BCUT2D eigenvalue weighted by molar-refractivity contribution is -0.119. The van der Waals surface area contributed by atoms with Crippen LogP contribution in [0.3, 0.4) is 0 Å². The van der Waals surface area contributed by atoms with Gasteiger partial charge in [-0.15, -0.1) is 11.7 Å². The van der Waals surface area contributed by atoms with E-state index in [2.05, 4.69) is 11.7 Å². The molecule has 4 heteroatoms. The largest absolute Gasteiger partial charge is 0.324 e. The summed E-state index contributed by atoms with van der Waals surface area (Å²) in [4.78, 5) is 10.9. The Hall–Kier alpha value is 0.330. The molecule has 0 saturated carbocycles.